The fourth-order valence-corrected chi connectivity index (χ4v) is 1.83. The number of nitrogens with zero attached hydrogens (tertiary/aromatic N) is 3. The van der Waals surface area contributed by atoms with E-state index in [2.05, 4.69) is 30.7 Å². The highest BCUT2D eigenvalue weighted by Crippen LogP contribution is 2.28. The summed E-state index contributed by atoms with van der Waals surface area (Å²) in [6, 6.07) is 5.29. The lowest BCUT2D eigenvalue weighted by Gasteiger charge is -2.11. The van der Waals surface area contributed by atoms with Crippen molar-refractivity contribution in [3.05, 3.63) is 29.0 Å². The van der Waals surface area contributed by atoms with Gasteiger partial charge in [-0.1, -0.05) is 0 Å². The molecule has 1 aromatic heterocycles. The van der Waals surface area contributed by atoms with Crippen LogP contribution in [0, 0.1) is 0 Å². The first kappa shape index (κ1) is 15.6. The molecular weight excluding hydrogens is 355 g/mol. The normalized spacial score (nSPS) is 11.8. The minimum Gasteiger partial charge on any atom is -0.424 e. The van der Waals surface area contributed by atoms with Crippen molar-refractivity contribution in [1.82, 2.24) is 14.8 Å². The van der Waals surface area contributed by atoms with E-state index in [-0.39, 0.29) is 17.8 Å². The smallest absolute Gasteiger partial charge is 0.424 e. The number of hydrogen-bond acceptors (Lipinski definition) is 4. The molecule has 0 aliphatic carbocycles. The Balaban J connectivity index is 2.14. The molecule has 1 heterocycles. The van der Waals surface area contributed by atoms with E-state index in [9.17, 15) is 13.2 Å². The number of halogens is 4. The van der Waals surface area contributed by atoms with E-state index in [0.29, 0.717) is 10.5 Å². The molecule has 0 aliphatic rings. The van der Waals surface area contributed by atoms with Gasteiger partial charge in [-0.2, -0.15) is 4.98 Å². The fraction of sp³-hybridized carbons (Fsp3) is 0.333. The first-order valence-electron chi connectivity index (χ1n) is 5.90. The molecule has 0 N–H and O–H groups in total. The Kier molecular flexibility index (Phi) is 4.40. The number of benzene rings is 1. The van der Waals surface area contributed by atoms with Gasteiger partial charge in [0.05, 0.1) is 6.04 Å². The maximum atomic E-state index is 12.1. The van der Waals surface area contributed by atoms with Crippen LogP contribution >= 0.6 is 15.9 Å². The largest absolute Gasteiger partial charge is 0.573 e. The van der Waals surface area contributed by atoms with Gasteiger partial charge in [0.2, 0.25) is 4.73 Å². The number of rotatable bonds is 4. The van der Waals surface area contributed by atoms with Gasteiger partial charge in [-0.05, 0) is 54.0 Å². The van der Waals surface area contributed by atoms with Crippen LogP contribution in [0.4, 0.5) is 13.2 Å². The van der Waals surface area contributed by atoms with Crippen molar-refractivity contribution in [3.63, 3.8) is 0 Å². The third-order valence-electron chi connectivity index (χ3n) is 2.33. The van der Waals surface area contributed by atoms with Gasteiger partial charge in [0.25, 0.3) is 0 Å². The summed E-state index contributed by atoms with van der Waals surface area (Å²) in [6.07, 6.45) is -4.72. The average Bonchev–Trinajstić information content (AvgIpc) is 2.71. The van der Waals surface area contributed by atoms with Gasteiger partial charge in [-0.25, -0.2) is 4.68 Å². The van der Waals surface area contributed by atoms with Crippen LogP contribution in [0.2, 0.25) is 0 Å². The predicted molar refractivity (Wildman–Crippen MR) is 71.3 cm³/mol. The molecule has 0 spiro atoms. The third kappa shape index (κ3) is 4.35. The Morgan fingerprint density at radius 2 is 1.71 bits per heavy atom. The molecule has 0 radical (unpaired) electrons. The summed E-state index contributed by atoms with van der Waals surface area (Å²) in [6.45, 7) is 3.79. The van der Waals surface area contributed by atoms with E-state index in [1.165, 1.54) is 12.1 Å². The summed E-state index contributed by atoms with van der Waals surface area (Å²) in [5.41, 5.74) is 0. The number of ether oxygens (including phenoxy) is 2. The first-order chi connectivity index (χ1) is 9.74. The zero-order chi connectivity index (χ0) is 15.6. The maximum Gasteiger partial charge on any atom is 0.573 e. The zero-order valence-electron chi connectivity index (χ0n) is 11.1. The molecule has 2 aromatic rings. The highest BCUT2D eigenvalue weighted by molar-refractivity contribution is 9.10. The molecule has 114 valence electrons. The number of aromatic nitrogens is 3. The minimum atomic E-state index is -4.72. The summed E-state index contributed by atoms with van der Waals surface area (Å²) < 4.78 is 47.3. The predicted octanol–water partition coefficient (Wildman–Crippen LogP) is 4.31. The van der Waals surface area contributed by atoms with Gasteiger partial charge in [0, 0.05) is 0 Å². The van der Waals surface area contributed by atoms with Gasteiger partial charge in [0.1, 0.15) is 11.5 Å². The SMILES string of the molecule is CC(C)n1nc(Br)nc1Oc1ccc(OC(F)(F)F)cc1. The lowest BCUT2D eigenvalue weighted by Crippen LogP contribution is -2.16. The zero-order valence-corrected chi connectivity index (χ0v) is 12.6. The van der Waals surface area contributed by atoms with Gasteiger partial charge in [-0.15, -0.1) is 18.3 Å². The lowest BCUT2D eigenvalue weighted by molar-refractivity contribution is -0.274. The lowest BCUT2D eigenvalue weighted by atomic mass is 10.3. The van der Waals surface area contributed by atoms with Crippen molar-refractivity contribution in [3.8, 4) is 17.5 Å². The van der Waals surface area contributed by atoms with Gasteiger partial charge >= 0.3 is 12.4 Å². The Bertz CT molecular complexity index is 611. The van der Waals surface area contributed by atoms with Crippen molar-refractivity contribution >= 4 is 15.9 Å². The average molecular weight is 366 g/mol. The van der Waals surface area contributed by atoms with Crippen LogP contribution in [0.25, 0.3) is 0 Å². The van der Waals surface area contributed by atoms with Gasteiger partial charge in [0.15, 0.2) is 0 Å². The van der Waals surface area contributed by atoms with E-state index in [4.69, 9.17) is 4.74 Å². The van der Waals surface area contributed by atoms with Crippen molar-refractivity contribution in [2.45, 2.75) is 26.3 Å². The van der Waals surface area contributed by atoms with Crippen LogP contribution in [-0.4, -0.2) is 21.1 Å². The molecule has 0 bridgehead atoms. The molecule has 2 rings (SSSR count). The van der Waals surface area contributed by atoms with E-state index in [0.717, 1.165) is 12.1 Å². The summed E-state index contributed by atoms with van der Waals surface area (Å²) in [5, 5.41) is 4.10. The van der Waals surface area contributed by atoms with E-state index < -0.39 is 6.36 Å². The Morgan fingerprint density at radius 1 is 1.14 bits per heavy atom. The third-order valence-corrected chi connectivity index (χ3v) is 2.67. The minimum absolute atomic E-state index is 0.0200. The molecule has 5 nitrogen and oxygen atoms in total. The molecule has 0 amide bonds. The Labute approximate surface area is 126 Å². The van der Waals surface area contributed by atoms with Crippen LogP contribution in [0.15, 0.2) is 29.0 Å². The molecule has 0 unspecified atom stereocenters. The highest BCUT2D eigenvalue weighted by atomic mass is 79.9. The van der Waals surface area contributed by atoms with Crippen molar-refractivity contribution in [2.24, 2.45) is 0 Å². The molecule has 0 saturated heterocycles. The molecule has 0 saturated carbocycles. The summed E-state index contributed by atoms with van der Waals surface area (Å²) >= 11 is 3.14. The summed E-state index contributed by atoms with van der Waals surface area (Å²) in [5.74, 6) is 0.00711. The van der Waals surface area contributed by atoms with E-state index in [1.807, 2.05) is 13.8 Å². The molecule has 0 aliphatic heterocycles. The first-order valence-corrected chi connectivity index (χ1v) is 6.69. The van der Waals surface area contributed by atoms with Crippen molar-refractivity contribution in [1.29, 1.82) is 0 Å². The second-order valence-electron chi connectivity index (χ2n) is 4.32. The number of hydrogen-bond donors (Lipinski definition) is 0. The Morgan fingerprint density at radius 3 is 2.24 bits per heavy atom. The van der Waals surface area contributed by atoms with Crippen molar-refractivity contribution < 1.29 is 22.6 Å². The van der Waals surface area contributed by atoms with E-state index >= 15 is 0 Å². The van der Waals surface area contributed by atoms with Crippen LogP contribution in [0.3, 0.4) is 0 Å². The second kappa shape index (κ2) is 5.92. The monoisotopic (exact) mass is 365 g/mol. The molecular formula is C12H11BrF3N3O2. The second-order valence-corrected chi connectivity index (χ2v) is 5.03. The quantitative estimate of drug-likeness (QED) is 0.809. The molecule has 9 heteroatoms. The standard InChI is InChI=1S/C12H11BrF3N3O2/c1-7(2)19-11(17-10(13)18-19)20-8-3-5-9(6-4-8)21-12(14,15)16/h3-7H,1-2H3. The molecule has 1 aromatic carbocycles. The van der Waals surface area contributed by atoms with Crippen LogP contribution in [0.5, 0.6) is 17.5 Å². The fourth-order valence-electron chi connectivity index (χ4n) is 1.50. The molecule has 0 atom stereocenters. The van der Waals surface area contributed by atoms with Crippen LogP contribution in [-0.2, 0) is 0 Å². The van der Waals surface area contributed by atoms with Gasteiger partial charge < -0.3 is 9.47 Å². The van der Waals surface area contributed by atoms with Crippen molar-refractivity contribution in [2.75, 3.05) is 0 Å². The van der Waals surface area contributed by atoms with E-state index in [1.54, 1.807) is 4.68 Å². The highest BCUT2D eigenvalue weighted by Gasteiger charge is 2.31. The van der Waals surface area contributed by atoms with Gasteiger partial charge in [-0.3, -0.25) is 0 Å². The Hall–Kier alpha value is -1.77. The molecule has 21 heavy (non-hydrogen) atoms. The number of alkyl halides is 3. The topological polar surface area (TPSA) is 49.2 Å². The van der Waals surface area contributed by atoms with Crippen LogP contribution < -0.4 is 9.47 Å². The van der Waals surface area contributed by atoms with Crippen LogP contribution in [0.1, 0.15) is 19.9 Å². The summed E-state index contributed by atoms with van der Waals surface area (Å²) in [7, 11) is 0. The summed E-state index contributed by atoms with van der Waals surface area (Å²) in [4.78, 5) is 4.04. The molecule has 0 fully saturated rings. The maximum absolute atomic E-state index is 12.1.